The van der Waals surface area contributed by atoms with Crippen LogP contribution in [0.5, 0.6) is 11.5 Å². The van der Waals surface area contributed by atoms with E-state index in [1.54, 1.807) is 29.5 Å². The zero-order valence-electron chi connectivity index (χ0n) is 15.7. The molecule has 1 heterocycles. The second kappa shape index (κ2) is 8.38. The number of nitrogens with one attached hydrogen (secondary N) is 1. The Bertz CT molecular complexity index is 1150. The summed E-state index contributed by atoms with van der Waals surface area (Å²) in [5.74, 6) is 0.602. The van der Waals surface area contributed by atoms with Gasteiger partial charge in [-0.05, 0) is 65.1 Å². The van der Waals surface area contributed by atoms with Crippen LogP contribution in [0.25, 0.3) is 20.8 Å². The number of thiazole rings is 1. The van der Waals surface area contributed by atoms with Crippen molar-refractivity contribution in [3.8, 4) is 22.1 Å². The number of amides is 1. The van der Waals surface area contributed by atoms with E-state index in [2.05, 4.69) is 27.9 Å². The molecule has 1 aromatic heterocycles. The normalized spacial score (nSPS) is 10.7. The summed E-state index contributed by atoms with van der Waals surface area (Å²) < 4.78 is 12.9. The number of hydrogen-bond acceptors (Lipinski definition) is 5. The highest BCUT2D eigenvalue weighted by molar-refractivity contribution is 14.1. The van der Waals surface area contributed by atoms with E-state index in [0.29, 0.717) is 22.7 Å². The second-order valence-electron chi connectivity index (χ2n) is 6.17. The van der Waals surface area contributed by atoms with Crippen molar-refractivity contribution >= 4 is 55.7 Å². The number of rotatable bonds is 5. The van der Waals surface area contributed by atoms with Gasteiger partial charge in [0.15, 0.2) is 0 Å². The van der Waals surface area contributed by atoms with Crippen molar-refractivity contribution in [2.45, 2.75) is 0 Å². The van der Waals surface area contributed by atoms with Crippen LogP contribution in [-0.2, 0) is 0 Å². The highest BCUT2D eigenvalue weighted by Crippen LogP contribution is 2.36. The average molecular weight is 516 g/mol. The van der Waals surface area contributed by atoms with Crippen molar-refractivity contribution < 1.29 is 14.3 Å². The fourth-order valence-corrected chi connectivity index (χ4v) is 4.54. The topological polar surface area (TPSA) is 60.5 Å². The Balaban J connectivity index is 1.76. The van der Waals surface area contributed by atoms with Gasteiger partial charge in [0.05, 0.1) is 30.1 Å². The molecule has 29 heavy (non-hydrogen) atoms. The van der Waals surface area contributed by atoms with Crippen LogP contribution in [0.15, 0.2) is 60.7 Å². The Labute approximate surface area is 185 Å². The summed E-state index contributed by atoms with van der Waals surface area (Å²) in [5, 5.41) is 3.86. The first-order valence-electron chi connectivity index (χ1n) is 8.78. The van der Waals surface area contributed by atoms with E-state index >= 15 is 0 Å². The molecule has 0 bridgehead atoms. The van der Waals surface area contributed by atoms with Crippen molar-refractivity contribution in [3.63, 3.8) is 0 Å². The Morgan fingerprint density at radius 2 is 1.72 bits per heavy atom. The number of carbonyl (C=O) groups excluding carboxylic acids is 1. The maximum atomic E-state index is 13.1. The van der Waals surface area contributed by atoms with E-state index in [1.807, 2.05) is 42.5 Å². The lowest BCUT2D eigenvalue weighted by Gasteiger charge is -2.14. The number of nitrogens with zero attached hydrogens (tertiary/aromatic N) is 1. The van der Waals surface area contributed by atoms with E-state index in [0.717, 1.165) is 24.4 Å². The minimum Gasteiger partial charge on any atom is -0.496 e. The van der Waals surface area contributed by atoms with Gasteiger partial charge in [-0.15, -0.1) is 11.3 Å². The first-order chi connectivity index (χ1) is 14.1. The Morgan fingerprint density at radius 3 is 2.41 bits per heavy atom. The molecule has 146 valence electrons. The molecular weight excluding hydrogens is 499 g/mol. The van der Waals surface area contributed by atoms with Gasteiger partial charge in [0.25, 0.3) is 5.91 Å². The molecule has 7 heteroatoms. The fourth-order valence-electron chi connectivity index (χ4n) is 3.05. The molecule has 4 aromatic rings. The van der Waals surface area contributed by atoms with Crippen LogP contribution >= 0.6 is 33.9 Å². The number of benzene rings is 3. The van der Waals surface area contributed by atoms with Crippen LogP contribution in [0.1, 0.15) is 10.4 Å². The molecule has 3 aromatic carbocycles. The fraction of sp³-hybridized carbons (Fsp3) is 0.0909. The average Bonchev–Trinajstić information content (AvgIpc) is 3.18. The van der Waals surface area contributed by atoms with Gasteiger partial charge in [-0.2, -0.15) is 0 Å². The molecule has 0 aliphatic carbocycles. The van der Waals surface area contributed by atoms with E-state index in [-0.39, 0.29) is 5.91 Å². The summed E-state index contributed by atoms with van der Waals surface area (Å²) in [4.78, 5) is 17.9. The monoisotopic (exact) mass is 516 g/mol. The third-order valence-electron chi connectivity index (χ3n) is 4.41. The van der Waals surface area contributed by atoms with Gasteiger partial charge >= 0.3 is 0 Å². The number of ether oxygens (including phenoxy) is 2. The first kappa shape index (κ1) is 19.7. The summed E-state index contributed by atoms with van der Waals surface area (Å²) in [6.45, 7) is 0. The lowest BCUT2D eigenvalue weighted by atomic mass is 10.1. The molecule has 1 N–H and O–H groups in total. The number of hydrogen-bond donors (Lipinski definition) is 1. The van der Waals surface area contributed by atoms with Crippen molar-refractivity contribution in [1.29, 1.82) is 0 Å². The Morgan fingerprint density at radius 1 is 1.00 bits per heavy atom. The maximum absolute atomic E-state index is 13.1. The zero-order valence-corrected chi connectivity index (χ0v) is 18.7. The van der Waals surface area contributed by atoms with Crippen LogP contribution in [0.4, 0.5) is 5.69 Å². The predicted molar refractivity (Wildman–Crippen MR) is 125 cm³/mol. The number of halogens is 1. The standard InChI is InChI=1S/C22H17IN2O3S/c1-27-17-7-5-8-18(28-2)20(17)21(26)24-15-11-10-13(23)12-14(15)22-25-16-6-3-4-9-19(16)29-22/h3-12H,1-2H3,(H,24,26). The highest BCUT2D eigenvalue weighted by Gasteiger charge is 2.20. The SMILES string of the molecule is COc1cccc(OC)c1C(=O)Nc1ccc(I)cc1-c1nc2ccccc2s1. The smallest absolute Gasteiger partial charge is 0.263 e. The first-order valence-corrected chi connectivity index (χ1v) is 10.7. The number of para-hydroxylation sites is 1. The largest absolute Gasteiger partial charge is 0.496 e. The van der Waals surface area contributed by atoms with E-state index in [1.165, 1.54) is 14.2 Å². The molecule has 0 atom stereocenters. The summed E-state index contributed by atoms with van der Waals surface area (Å²) in [6.07, 6.45) is 0. The Hall–Kier alpha value is -2.65. The number of anilines is 1. The molecule has 0 spiro atoms. The third kappa shape index (κ3) is 3.92. The number of fused-ring (bicyclic) bond motifs is 1. The molecule has 0 radical (unpaired) electrons. The molecular formula is C22H17IN2O3S. The molecule has 5 nitrogen and oxygen atoms in total. The minimum atomic E-state index is -0.303. The number of aromatic nitrogens is 1. The van der Waals surface area contributed by atoms with E-state index < -0.39 is 0 Å². The van der Waals surface area contributed by atoms with Crippen LogP contribution in [0, 0.1) is 3.57 Å². The summed E-state index contributed by atoms with van der Waals surface area (Å²) >= 11 is 3.86. The molecule has 0 unspecified atom stereocenters. The summed E-state index contributed by atoms with van der Waals surface area (Å²) in [6, 6.07) is 19.1. The van der Waals surface area contributed by atoms with Gasteiger partial charge < -0.3 is 14.8 Å². The lowest BCUT2D eigenvalue weighted by Crippen LogP contribution is -2.15. The number of carbonyl (C=O) groups is 1. The summed E-state index contributed by atoms with van der Waals surface area (Å²) in [5.41, 5.74) is 2.85. The van der Waals surface area contributed by atoms with Crippen LogP contribution < -0.4 is 14.8 Å². The second-order valence-corrected chi connectivity index (χ2v) is 8.44. The summed E-state index contributed by atoms with van der Waals surface area (Å²) in [7, 11) is 3.06. The zero-order chi connectivity index (χ0) is 20.4. The molecule has 0 aliphatic heterocycles. The third-order valence-corrected chi connectivity index (χ3v) is 6.15. The number of methoxy groups -OCH3 is 2. The molecule has 0 aliphatic rings. The minimum absolute atomic E-state index is 0.303. The molecule has 4 rings (SSSR count). The van der Waals surface area contributed by atoms with Gasteiger partial charge in [0.1, 0.15) is 22.1 Å². The van der Waals surface area contributed by atoms with Crippen LogP contribution in [0.3, 0.4) is 0 Å². The van der Waals surface area contributed by atoms with Crippen LogP contribution in [-0.4, -0.2) is 25.1 Å². The predicted octanol–water partition coefficient (Wildman–Crippen LogP) is 5.84. The van der Waals surface area contributed by atoms with Crippen molar-refractivity contribution in [2.24, 2.45) is 0 Å². The molecule has 0 saturated carbocycles. The van der Waals surface area contributed by atoms with Gasteiger partial charge in [0.2, 0.25) is 0 Å². The van der Waals surface area contributed by atoms with Crippen LogP contribution in [0.2, 0.25) is 0 Å². The maximum Gasteiger partial charge on any atom is 0.263 e. The van der Waals surface area contributed by atoms with E-state index in [4.69, 9.17) is 14.5 Å². The molecule has 1 amide bonds. The van der Waals surface area contributed by atoms with Gasteiger partial charge in [-0.25, -0.2) is 4.98 Å². The van der Waals surface area contributed by atoms with Gasteiger partial charge in [-0.1, -0.05) is 18.2 Å². The Kier molecular flexibility index (Phi) is 5.68. The van der Waals surface area contributed by atoms with Crippen molar-refractivity contribution in [1.82, 2.24) is 4.98 Å². The molecule has 0 fully saturated rings. The highest BCUT2D eigenvalue weighted by atomic mass is 127. The quantitative estimate of drug-likeness (QED) is 0.339. The van der Waals surface area contributed by atoms with Crippen molar-refractivity contribution in [2.75, 3.05) is 19.5 Å². The van der Waals surface area contributed by atoms with Crippen molar-refractivity contribution in [3.05, 3.63) is 69.8 Å². The van der Waals surface area contributed by atoms with Gasteiger partial charge in [0, 0.05) is 9.13 Å². The van der Waals surface area contributed by atoms with Gasteiger partial charge in [-0.3, -0.25) is 4.79 Å². The molecule has 0 saturated heterocycles. The van der Waals surface area contributed by atoms with E-state index in [9.17, 15) is 4.79 Å². The lowest BCUT2D eigenvalue weighted by molar-refractivity contribution is 0.102.